The molecule has 0 aliphatic carbocycles. The van der Waals surface area contributed by atoms with Crippen LogP contribution in [0.5, 0.6) is 0 Å². The number of aryl methyl sites for hydroxylation is 1. The van der Waals surface area contributed by atoms with Crippen molar-refractivity contribution in [2.75, 3.05) is 26.8 Å². The topological polar surface area (TPSA) is 130 Å². The van der Waals surface area contributed by atoms with E-state index in [0.717, 1.165) is 42.7 Å². The summed E-state index contributed by atoms with van der Waals surface area (Å²) < 4.78 is 26.6. The van der Waals surface area contributed by atoms with Gasteiger partial charge in [0.1, 0.15) is 17.4 Å². The van der Waals surface area contributed by atoms with E-state index >= 15 is 0 Å². The molecule has 0 bridgehead atoms. The Hall–Kier alpha value is -4.02. The number of aromatic nitrogens is 2. The van der Waals surface area contributed by atoms with E-state index in [1.54, 1.807) is 25.3 Å². The number of nitrogens with zero attached hydrogens (tertiary/aromatic N) is 3. The van der Waals surface area contributed by atoms with E-state index in [1.165, 1.54) is 12.1 Å². The minimum absolute atomic E-state index is 0.00219. The van der Waals surface area contributed by atoms with Gasteiger partial charge in [-0.2, -0.15) is 0 Å². The van der Waals surface area contributed by atoms with Gasteiger partial charge in [-0.25, -0.2) is 9.37 Å². The van der Waals surface area contributed by atoms with Crippen LogP contribution >= 0.6 is 0 Å². The number of hydrogen-bond donors (Lipinski definition) is 2. The van der Waals surface area contributed by atoms with Crippen molar-refractivity contribution in [3.8, 4) is 11.3 Å². The van der Waals surface area contributed by atoms with Gasteiger partial charge in [-0.05, 0) is 68.1 Å². The smallest absolute Gasteiger partial charge is 0.284 e. The molecule has 10 heteroatoms. The van der Waals surface area contributed by atoms with Gasteiger partial charge >= 0.3 is 0 Å². The molecule has 2 aromatic carbocycles. The van der Waals surface area contributed by atoms with E-state index in [2.05, 4.69) is 10.6 Å². The first kappa shape index (κ1) is 28.5. The number of rotatable bonds is 11. The number of primary amides is 1. The highest BCUT2D eigenvalue weighted by atomic mass is 19.1. The van der Waals surface area contributed by atoms with Crippen molar-refractivity contribution < 1.29 is 23.1 Å². The number of benzene rings is 2. The highest BCUT2D eigenvalue weighted by molar-refractivity contribution is 5.92. The number of carbonyl (C=O) groups excluding carboxylic acids is 2. The Balaban J connectivity index is 1.27. The van der Waals surface area contributed by atoms with Gasteiger partial charge in [0.05, 0.1) is 11.0 Å². The average Bonchev–Trinajstić information content (AvgIpc) is 3.55. The fourth-order valence-electron chi connectivity index (χ4n) is 5.68. The van der Waals surface area contributed by atoms with Crippen molar-refractivity contribution >= 4 is 22.8 Å². The van der Waals surface area contributed by atoms with Crippen LogP contribution in [0.25, 0.3) is 22.4 Å². The maximum absolute atomic E-state index is 13.4. The summed E-state index contributed by atoms with van der Waals surface area (Å²) in [6.07, 6.45) is 3.06. The normalized spacial score (nSPS) is 16.3. The van der Waals surface area contributed by atoms with Crippen LogP contribution in [-0.2, 0) is 22.5 Å². The Morgan fingerprint density at radius 1 is 1.20 bits per heavy atom. The summed E-state index contributed by atoms with van der Waals surface area (Å²) in [6, 6.07) is 15.0. The van der Waals surface area contributed by atoms with Crippen LogP contribution in [0.1, 0.15) is 53.5 Å². The van der Waals surface area contributed by atoms with Crippen molar-refractivity contribution in [1.82, 2.24) is 14.5 Å². The number of para-hydroxylation sites is 2. The Morgan fingerprint density at radius 3 is 2.73 bits per heavy atom. The summed E-state index contributed by atoms with van der Waals surface area (Å²) >= 11 is 0. The molecule has 0 spiro atoms. The lowest BCUT2D eigenvalue weighted by molar-refractivity contribution is -0.132. The summed E-state index contributed by atoms with van der Waals surface area (Å²) in [5, 5.41) is 0. The SMILES string of the molecule is COCCCn1c([C@@H]2CCCN(C(=O)C[C@@H](N)Cc3cc(-c4ccc(F)cc4)oc3C(N)=O)C2)nc2ccccc21. The number of carbonyl (C=O) groups is 2. The Kier molecular flexibility index (Phi) is 8.80. The fraction of sp³-hybridized carbons (Fsp3) is 0.387. The molecule has 2 aromatic heterocycles. The molecule has 1 aliphatic heterocycles. The standard InChI is InChI=1S/C31H36FN5O4/c1-40-15-5-14-37-26-8-3-2-7-25(26)35-31(37)21-6-4-13-36(19-21)28(38)18-24(33)16-22-17-27(41-29(22)30(34)39)20-9-11-23(32)12-10-20/h2-3,7-12,17,21,24H,4-6,13-16,18-19,33H2,1H3,(H2,34,39)/t21-,24+/m1/s1. The zero-order valence-corrected chi connectivity index (χ0v) is 23.2. The van der Waals surface area contributed by atoms with E-state index in [1.807, 2.05) is 23.1 Å². The van der Waals surface area contributed by atoms with Crippen molar-refractivity contribution in [3.63, 3.8) is 0 Å². The first-order chi connectivity index (χ1) is 19.8. The van der Waals surface area contributed by atoms with Crippen molar-refractivity contribution in [1.29, 1.82) is 0 Å². The summed E-state index contributed by atoms with van der Waals surface area (Å²) in [7, 11) is 1.70. The number of hydrogen-bond acceptors (Lipinski definition) is 6. The monoisotopic (exact) mass is 561 g/mol. The molecule has 0 saturated carbocycles. The summed E-state index contributed by atoms with van der Waals surface area (Å²) in [6.45, 7) is 2.70. The van der Waals surface area contributed by atoms with Crippen LogP contribution in [0.15, 0.2) is 59.0 Å². The van der Waals surface area contributed by atoms with Gasteiger partial charge < -0.3 is 30.1 Å². The molecule has 2 amide bonds. The second kappa shape index (κ2) is 12.7. The van der Waals surface area contributed by atoms with Gasteiger partial charge in [0.25, 0.3) is 5.91 Å². The molecule has 9 nitrogen and oxygen atoms in total. The molecular weight excluding hydrogens is 525 g/mol. The van der Waals surface area contributed by atoms with E-state index in [9.17, 15) is 14.0 Å². The third kappa shape index (κ3) is 6.49. The number of amides is 2. The van der Waals surface area contributed by atoms with Crippen molar-refractivity contribution in [2.24, 2.45) is 11.5 Å². The first-order valence-electron chi connectivity index (χ1n) is 14.0. The van der Waals surface area contributed by atoms with Crippen LogP contribution in [0.2, 0.25) is 0 Å². The molecule has 4 N–H and O–H groups in total. The summed E-state index contributed by atoms with van der Waals surface area (Å²) in [5.74, 6) is 0.373. The third-order valence-corrected chi connectivity index (χ3v) is 7.63. The van der Waals surface area contributed by atoms with E-state index in [-0.39, 0.29) is 36.2 Å². The van der Waals surface area contributed by atoms with Crippen LogP contribution in [0.3, 0.4) is 0 Å². The second-order valence-electron chi connectivity index (χ2n) is 10.6. The molecule has 5 rings (SSSR count). The molecule has 3 heterocycles. The van der Waals surface area contributed by atoms with Crippen LogP contribution in [-0.4, -0.2) is 59.1 Å². The highest BCUT2D eigenvalue weighted by Gasteiger charge is 2.30. The number of likely N-dealkylation sites (tertiary alicyclic amines) is 1. The van der Waals surface area contributed by atoms with Gasteiger partial charge in [-0.1, -0.05) is 12.1 Å². The molecule has 41 heavy (non-hydrogen) atoms. The lowest BCUT2D eigenvalue weighted by Gasteiger charge is -2.33. The predicted octanol–water partition coefficient (Wildman–Crippen LogP) is 4.24. The quantitative estimate of drug-likeness (QED) is 0.264. The molecule has 0 unspecified atom stereocenters. The van der Waals surface area contributed by atoms with Gasteiger partial charge in [-0.3, -0.25) is 9.59 Å². The minimum atomic E-state index is -0.723. The lowest BCUT2D eigenvalue weighted by atomic mass is 9.96. The Labute approximate surface area is 238 Å². The van der Waals surface area contributed by atoms with Crippen molar-refractivity contribution in [3.05, 3.63) is 77.6 Å². The number of piperidine rings is 1. The van der Waals surface area contributed by atoms with Gasteiger partial charge in [0.2, 0.25) is 5.91 Å². The van der Waals surface area contributed by atoms with Gasteiger partial charge in [0, 0.05) is 62.9 Å². The maximum Gasteiger partial charge on any atom is 0.284 e. The number of fused-ring (bicyclic) bond motifs is 1. The molecule has 0 radical (unpaired) electrons. The number of halogens is 1. The molecule has 4 aromatic rings. The summed E-state index contributed by atoms with van der Waals surface area (Å²) in [5.41, 5.74) is 15.2. The van der Waals surface area contributed by atoms with Crippen LogP contribution in [0, 0.1) is 5.82 Å². The maximum atomic E-state index is 13.4. The van der Waals surface area contributed by atoms with E-state index in [0.29, 0.717) is 36.6 Å². The Bertz CT molecular complexity index is 1510. The molecule has 216 valence electrons. The van der Waals surface area contributed by atoms with Gasteiger partial charge in [-0.15, -0.1) is 0 Å². The zero-order chi connectivity index (χ0) is 28.9. The molecule has 1 saturated heterocycles. The van der Waals surface area contributed by atoms with E-state index < -0.39 is 11.9 Å². The Morgan fingerprint density at radius 2 is 1.98 bits per heavy atom. The number of nitrogens with two attached hydrogens (primary N) is 2. The molecular formula is C31H36FN5O4. The number of imidazole rings is 1. The largest absolute Gasteiger partial charge is 0.451 e. The van der Waals surface area contributed by atoms with E-state index in [4.69, 9.17) is 25.6 Å². The third-order valence-electron chi connectivity index (χ3n) is 7.63. The van der Waals surface area contributed by atoms with Crippen LogP contribution in [0.4, 0.5) is 4.39 Å². The number of methoxy groups -OCH3 is 1. The average molecular weight is 562 g/mol. The minimum Gasteiger partial charge on any atom is -0.451 e. The highest BCUT2D eigenvalue weighted by Crippen LogP contribution is 2.31. The summed E-state index contributed by atoms with van der Waals surface area (Å²) in [4.78, 5) is 32.3. The number of furan rings is 1. The fourth-order valence-corrected chi connectivity index (χ4v) is 5.68. The predicted molar refractivity (Wildman–Crippen MR) is 154 cm³/mol. The van der Waals surface area contributed by atoms with Crippen LogP contribution < -0.4 is 11.5 Å². The first-order valence-corrected chi connectivity index (χ1v) is 14.0. The lowest BCUT2D eigenvalue weighted by Crippen LogP contribution is -2.42. The van der Waals surface area contributed by atoms with Gasteiger partial charge in [0.15, 0.2) is 5.76 Å². The zero-order valence-electron chi connectivity index (χ0n) is 23.2. The molecule has 1 fully saturated rings. The second-order valence-corrected chi connectivity index (χ2v) is 10.6. The molecule has 2 atom stereocenters. The number of ether oxygens (including phenoxy) is 1. The molecule has 1 aliphatic rings. The van der Waals surface area contributed by atoms with Crippen molar-refractivity contribution in [2.45, 2.75) is 50.6 Å².